The van der Waals surface area contributed by atoms with Gasteiger partial charge in [-0.1, -0.05) is 0 Å². The molecule has 1 fully saturated rings. The van der Waals surface area contributed by atoms with Crippen molar-refractivity contribution in [3.05, 3.63) is 40.3 Å². The summed E-state index contributed by atoms with van der Waals surface area (Å²) >= 11 is 1.61. The average Bonchev–Trinajstić information content (AvgIpc) is 3.25. The highest BCUT2D eigenvalue weighted by molar-refractivity contribution is 7.89. The summed E-state index contributed by atoms with van der Waals surface area (Å²) in [7, 11) is -3.45. The highest BCUT2D eigenvalue weighted by Crippen LogP contribution is 2.33. The van der Waals surface area contributed by atoms with Crippen LogP contribution >= 0.6 is 11.3 Å². The second-order valence-corrected chi connectivity index (χ2v) is 8.80. The van der Waals surface area contributed by atoms with Crippen molar-refractivity contribution in [2.45, 2.75) is 30.1 Å². The number of ether oxygens (including phenoxy) is 1. The largest absolute Gasteiger partial charge is 0.493 e. The van der Waals surface area contributed by atoms with Gasteiger partial charge in [0, 0.05) is 37.0 Å². The number of hydrogen-bond donors (Lipinski definition) is 0. The maximum Gasteiger partial charge on any atom is 0.243 e. The van der Waals surface area contributed by atoms with Gasteiger partial charge < -0.3 is 4.74 Å². The van der Waals surface area contributed by atoms with Crippen LogP contribution in [0.25, 0.3) is 0 Å². The Balaban J connectivity index is 1.60. The first-order chi connectivity index (χ1) is 11.1. The second-order valence-electron chi connectivity index (χ2n) is 5.94. The van der Waals surface area contributed by atoms with E-state index in [0.717, 1.165) is 35.6 Å². The van der Waals surface area contributed by atoms with E-state index in [1.807, 2.05) is 5.38 Å². The van der Waals surface area contributed by atoms with E-state index in [0.29, 0.717) is 24.6 Å². The molecule has 1 atom stereocenters. The highest BCUT2D eigenvalue weighted by Gasteiger charge is 2.32. The molecule has 122 valence electrons. The molecule has 0 radical (unpaired) electrons. The molecule has 5 nitrogen and oxygen atoms in total. The zero-order valence-electron chi connectivity index (χ0n) is 12.6. The fraction of sp³-hybridized carbons (Fsp3) is 0.438. The number of piperidine rings is 1. The first-order valence-corrected chi connectivity index (χ1v) is 10.1. The molecule has 1 saturated heterocycles. The van der Waals surface area contributed by atoms with E-state index in [1.54, 1.807) is 40.0 Å². The molecule has 0 N–H and O–H groups in total. The predicted octanol–water partition coefficient (Wildman–Crippen LogP) is 2.65. The third-order valence-electron chi connectivity index (χ3n) is 4.48. The Morgan fingerprint density at radius 2 is 2.26 bits per heavy atom. The Hall–Kier alpha value is -1.44. The number of rotatable bonds is 3. The number of aromatic nitrogens is 1. The molecule has 1 aromatic heterocycles. The zero-order valence-corrected chi connectivity index (χ0v) is 14.3. The van der Waals surface area contributed by atoms with Gasteiger partial charge in [-0.05, 0) is 36.6 Å². The van der Waals surface area contributed by atoms with Crippen LogP contribution in [0.1, 0.15) is 29.3 Å². The molecule has 0 aliphatic carbocycles. The van der Waals surface area contributed by atoms with Crippen molar-refractivity contribution in [2.24, 2.45) is 0 Å². The topological polar surface area (TPSA) is 59.5 Å². The van der Waals surface area contributed by atoms with E-state index in [-0.39, 0.29) is 5.92 Å². The van der Waals surface area contributed by atoms with E-state index in [9.17, 15) is 8.42 Å². The van der Waals surface area contributed by atoms with Crippen LogP contribution in [0.4, 0.5) is 0 Å². The third-order valence-corrected chi connectivity index (χ3v) is 7.28. The lowest BCUT2D eigenvalue weighted by atomic mass is 10.0. The summed E-state index contributed by atoms with van der Waals surface area (Å²) in [4.78, 5) is 4.73. The molecule has 2 aliphatic heterocycles. The minimum absolute atomic E-state index is 0.205. The van der Waals surface area contributed by atoms with E-state index in [4.69, 9.17) is 4.74 Å². The molecule has 2 aromatic rings. The van der Waals surface area contributed by atoms with E-state index >= 15 is 0 Å². The molecule has 23 heavy (non-hydrogen) atoms. The van der Waals surface area contributed by atoms with Crippen LogP contribution in [0.15, 0.2) is 34.7 Å². The van der Waals surface area contributed by atoms with Gasteiger partial charge in [0.25, 0.3) is 0 Å². The lowest BCUT2D eigenvalue weighted by molar-refractivity contribution is 0.315. The standard InChI is InChI=1S/C16H18N2O3S2/c19-23(20,14-3-4-15-12(10-14)5-8-21-15)18-7-1-2-13(11-18)16-17-6-9-22-16/h3-4,6,9-10,13H,1-2,5,7-8,11H2/t13-/m0/s1. The second kappa shape index (κ2) is 5.89. The van der Waals surface area contributed by atoms with Crippen LogP contribution in [0.2, 0.25) is 0 Å². The first-order valence-electron chi connectivity index (χ1n) is 7.80. The smallest absolute Gasteiger partial charge is 0.243 e. The van der Waals surface area contributed by atoms with Gasteiger partial charge in [-0.2, -0.15) is 4.31 Å². The van der Waals surface area contributed by atoms with Crippen LogP contribution in [-0.2, 0) is 16.4 Å². The molecule has 0 unspecified atom stereocenters. The summed E-state index contributed by atoms with van der Waals surface area (Å²) in [5, 5.41) is 2.98. The summed E-state index contributed by atoms with van der Waals surface area (Å²) in [6, 6.07) is 5.20. The molecular formula is C16H18N2O3S2. The van der Waals surface area contributed by atoms with Crippen molar-refractivity contribution in [1.29, 1.82) is 0 Å². The Morgan fingerprint density at radius 1 is 1.35 bits per heavy atom. The summed E-state index contributed by atoms with van der Waals surface area (Å²) < 4.78 is 33.0. The van der Waals surface area contributed by atoms with Crippen LogP contribution in [0.3, 0.4) is 0 Å². The third kappa shape index (κ3) is 2.77. The number of nitrogens with zero attached hydrogens (tertiary/aromatic N) is 2. The van der Waals surface area contributed by atoms with Gasteiger partial charge in [-0.25, -0.2) is 13.4 Å². The maximum absolute atomic E-state index is 13.0. The van der Waals surface area contributed by atoms with Gasteiger partial charge in [0.1, 0.15) is 5.75 Å². The molecule has 0 spiro atoms. The normalized spacial score (nSPS) is 21.8. The Labute approximate surface area is 140 Å². The summed E-state index contributed by atoms with van der Waals surface area (Å²) in [5.41, 5.74) is 0.986. The predicted molar refractivity (Wildman–Crippen MR) is 88.5 cm³/mol. The van der Waals surface area contributed by atoms with Crippen molar-refractivity contribution in [3.8, 4) is 5.75 Å². The first kappa shape index (κ1) is 15.1. The number of fused-ring (bicyclic) bond motifs is 1. The molecule has 2 aliphatic rings. The zero-order chi connectivity index (χ0) is 15.9. The fourth-order valence-corrected chi connectivity index (χ4v) is 5.61. The van der Waals surface area contributed by atoms with Crippen molar-refractivity contribution in [1.82, 2.24) is 9.29 Å². The van der Waals surface area contributed by atoms with E-state index < -0.39 is 10.0 Å². The summed E-state index contributed by atoms with van der Waals surface area (Å²) in [6.07, 6.45) is 4.43. The molecule has 1 aromatic carbocycles. The molecular weight excluding hydrogens is 332 g/mol. The Kier molecular flexibility index (Phi) is 3.87. The highest BCUT2D eigenvalue weighted by atomic mass is 32.2. The number of thiazole rings is 1. The van der Waals surface area contributed by atoms with Gasteiger partial charge in [0.2, 0.25) is 10.0 Å². The molecule has 0 bridgehead atoms. The van der Waals surface area contributed by atoms with Crippen LogP contribution < -0.4 is 4.74 Å². The van der Waals surface area contributed by atoms with Gasteiger partial charge in [-0.3, -0.25) is 0 Å². The molecule has 0 saturated carbocycles. The van der Waals surface area contributed by atoms with Gasteiger partial charge in [-0.15, -0.1) is 11.3 Å². The van der Waals surface area contributed by atoms with Crippen LogP contribution in [0.5, 0.6) is 5.75 Å². The lowest BCUT2D eigenvalue weighted by Gasteiger charge is -2.31. The fourth-order valence-electron chi connectivity index (χ4n) is 3.27. The van der Waals surface area contributed by atoms with Gasteiger partial charge in [0.15, 0.2) is 0 Å². The van der Waals surface area contributed by atoms with Crippen LogP contribution in [0, 0.1) is 0 Å². The van der Waals surface area contributed by atoms with Crippen molar-refractivity contribution in [3.63, 3.8) is 0 Å². The minimum atomic E-state index is -3.45. The Bertz CT molecular complexity index is 803. The number of sulfonamides is 1. The van der Waals surface area contributed by atoms with E-state index in [2.05, 4.69) is 4.98 Å². The Morgan fingerprint density at radius 3 is 3.09 bits per heavy atom. The van der Waals surface area contributed by atoms with Gasteiger partial charge in [0.05, 0.1) is 16.5 Å². The number of hydrogen-bond acceptors (Lipinski definition) is 5. The summed E-state index contributed by atoms with van der Waals surface area (Å²) in [5.74, 6) is 1.01. The molecule has 7 heteroatoms. The quantitative estimate of drug-likeness (QED) is 0.854. The van der Waals surface area contributed by atoms with Crippen LogP contribution in [-0.4, -0.2) is 37.4 Å². The van der Waals surface area contributed by atoms with Crippen molar-refractivity contribution in [2.75, 3.05) is 19.7 Å². The molecule has 0 amide bonds. The molecule has 3 heterocycles. The lowest BCUT2D eigenvalue weighted by Crippen LogP contribution is -2.39. The molecule has 4 rings (SSSR count). The average molecular weight is 350 g/mol. The summed E-state index contributed by atoms with van der Waals surface area (Å²) in [6.45, 7) is 1.73. The van der Waals surface area contributed by atoms with Gasteiger partial charge >= 0.3 is 0 Å². The van der Waals surface area contributed by atoms with E-state index in [1.165, 1.54) is 0 Å². The monoisotopic (exact) mass is 350 g/mol. The SMILES string of the molecule is O=S(=O)(c1ccc2c(c1)CCO2)N1CCC[C@H](c2nccs2)C1. The van der Waals surface area contributed by atoms with Crippen molar-refractivity contribution >= 4 is 21.4 Å². The van der Waals surface area contributed by atoms with Crippen molar-refractivity contribution < 1.29 is 13.2 Å². The number of benzene rings is 1. The maximum atomic E-state index is 13.0. The minimum Gasteiger partial charge on any atom is -0.493 e.